The van der Waals surface area contributed by atoms with Gasteiger partial charge in [-0.2, -0.15) is 0 Å². The number of carbonyl (C=O) groups is 1. The van der Waals surface area contributed by atoms with E-state index in [0.29, 0.717) is 6.04 Å². The summed E-state index contributed by atoms with van der Waals surface area (Å²) in [6.07, 6.45) is 6.13. The van der Waals surface area contributed by atoms with Crippen LogP contribution in [0, 0.1) is 0 Å². The lowest BCUT2D eigenvalue weighted by Gasteiger charge is -2.28. The Morgan fingerprint density at radius 2 is 1.75 bits per heavy atom. The van der Waals surface area contributed by atoms with Gasteiger partial charge in [0.2, 0.25) is 11.9 Å². The zero-order valence-electron chi connectivity index (χ0n) is 18.7. The lowest BCUT2D eigenvalue weighted by molar-refractivity contribution is -0.115. The van der Waals surface area contributed by atoms with Gasteiger partial charge in [0, 0.05) is 43.6 Å². The first-order valence-electron chi connectivity index (χ1n) is 11.8. The predicted octanol–water partition coefficient (Wildman–Crippen LogP) is 3.56. The van der Waals surface area contributed by atoms with Gasteiger partial charge in [0.25, 0.3) is 0 Å². The van der Waals surface area contributed by atoms with Gasteiger partial charge in [-0.25, -0.2) is 0 Å². The fraction of sp³-hybridized carbons (Fsp3) is 0.609. The minimum atomic E-state index is -0.268. The van der Waals surface area contributed by atoms with Gasteiger partial charge < -0.3 is 19.9 Å². The second-order valence-corrected chi connectivity index (χ2v) is 10.1. The number of rotatable bonds is 7. The highest BCUT2D eigenvalue weighted by Crippen LogP contribution is 2.41. The maximum Gasteiger partial charge on any atom is 0.237 e. The molecule has 1 aromatic heterocycles. The highest BCUT2D eigenvalue weighted by Gasteiger charge is 2.33. The molecule has 1 amide bonds. The number of carbonyl (C=O) groups excluding carboxylic acids is 1. The van der Waals surface area contributed by atoms with Crippen LogP contribution >= 0.6 is 11.8 Å². The number of hydrogen-bond acceptors (Lipinski definition) is 7. The molecule has 2 aromatic rings. The number of nitrogens with zero attached hydrogens (tertiary/aromatic N) is 5. The number of nitrogens with one attached hydrogen (secondary N) is 1. The molecule has 5 rings (SSSR count). The number of ether oxygens (including phenoxy) is 1. The maximum atomic E-state index is 12.9. The van der Waals surface area contributed by atoms with Crippen molar-refractivity contribution in [3.8, 4) is 0 Å². The van der Waals surface area contributed by atoms with Crippen molar-refractivity contribution < 1.29 is 9.53 Å². The molecule has 0 bridgehead atoms. The summed E-state index contributed by atoms with van der Waals surface area (Å²) < 4.78 is 7.71. The average Bonchev–Trinajstić information content (AvgIpc) is 3.60. The third-order valence-electron chi connectivity index (χ3n) is 6.36. The second-order valence-electron chi connectivity index (χ2n) is 8.83. The summed E-state index contributed by atoms with van der Waals surface area (Å²) in [5, 5.41) is 12.6. The van der Waals surface area contributed by atoms with Crippen LogP contribution in [-0.4, -0.2) is 65.3 Å². The first-order valence-corrected chi connectivity index (χ1v) is 12.7. The average molecular weight is 457 g/mol. The molecule has 32 heavy (non-hydrogen) atoms. The topological polar surface area (TPSA) is 75.5 Å². The molecule has 1 aromatic carbocycles. The second kappa shape index (κ2) is 9.70. The molecule has 1 N–H and O–H groups in total. The molecule has 172 valence electrons. The Balaban J connectivity index is 1.22. The van der Waals surface area contributed by atoms with Crippen LogP contribution in [0.1, 0.15) is 45.1 Å². The fourth-order valence-electron chi connectivity index (χ4n) is 4.34. The van der Waals surface area contributed by atoms with Crippen LogP contribution in [0.4, 0.5) is 17.3 Å². The van der Waals surface area contributed by atoms with Crippen molar-refractivity contribution in [3.63, 3.8) is 0 Å². The van der Waals surface area contributed by atoms with E-state index in [2.05, 4.69) is 42.0 Å². The highest BCUT2D eigenvalue weighted by molar-refractivity contribution is 8.00. The van der Waals surface area contributed by atoms with Crippen LogP contribution in [0.3, 0.4) is 0 Å². The van der Waals surface area contributed by atoms with Gasteiger partial charge in [0.15, 0.2) is 5.16 Å². The normalized spacial score (nSPS) is 20.3. The van der Waals surface area contributed by atoms with Crippen LogP contribution in [0.5, 0.6) is 0 Å². The number of morpholine rings is 1. The summed E-state index contributed by atoms with van der Waals surface area (Å²) in [5.74, 6) is 0.901. The molecule has 0 spiro atoms. The molecule has 2 saturated heterocycles. The largest absolute Gasteiger partial charge is 0.378 e. The number of thioether (sulfide) groups is 1. The van der Waals surface area contributed by atoms with E-state index < -0.39 is 0 Å². The Morgan fingerprint density at radius 3 is 2.44 bits per heavy atom. The van der Waals surface area contributed by atoms with E-state index in [-0.39, 0.29) is 11.2 Å². The molecule has 3 fully saturated rings. The van der Waals surface area contributed by atoms with E-state index >= 15 is 0 Å². The van der Waals surface area contributed by atoms with Gasteiger partial charge >= 0.3 is 0 Å². The van der Waals surface area contributed by atoms with Gasteiger partial charge in [0.05, 0.1) is 18.5 Å². The number of hydrogen-bond donors (Lipinski definition) is 1. The fourth-order valence-corrected chi connectivity index (χ4v) is 5.26. The molecule has 1 aliphatic carbocycles. The third kappa shape index (κ3) is 4.88. The Labute approximate surface area is 193 Å². The zero-order chi connectivity index (χ0) is 21.9. The van der Waals surface area contributed by atoms with Gasteiger partial charge in [-0.3, -0.25) is 9.36 Å². The zero-order valence-corrected chi connectivity index (χ0v) is 19.5. The number of benzene rings is 1. The number of piperidine rings is 1. The smallest absolute Gasteiger partial charge is 0.237 e. The first kappa shape index (κ1) is 21.6. The van der Waals surface area contributed by atoms with Crippen molar-refractivity contribution in [1.29, 1.82) is 0 Å². The number of aromatic nitrogens is 3. The Bertz CT molecular complexity index is 917. The Morgan fingerprint density at radius 1 is 1.03 bits per heavy atom. The molecule has 9 heteroatoms. The van der Waals surface area contributed by atoms with Crippen LogP contribution < -0.4 is 15.1 Å². The van der Waals surface area contributed by atoms with Crippen molar-refractivity contribution in [2.75, 3.05) is 54.5 Å². The molecule has 3 heterocycles. The third-order valence-corrected chi connectivity index (χ3v) is 7.42. The summed E-state index contributed by atoms with van der Waals surface area (Å²) in [4.78, 5) is 17.5. The molecule has 1 saturated carbocycles. The molecule has 3 aliphatic rings. The van der Waals surface area contributed by atoms with Crippen molar-refractivity contribution in [1.82, 2.24) is 14.8 Å². The first-order chi connectivity index (χ1) is 15.7. The lowest BCUT2D eigenvalue weighted by Crippen LogP contribution is -2.38. The highest BCUT2D eigenvalue weighted by atomic mass is 32.2. The van der Waals surface area contributed by atoms with E-state index in [0.717, 1.165) is 69.0 Å². The van der Waals surface area contributed by atoms with Crippen LogP contribution in [0.2, 0.25) is 0 Å². The molecule has 2 aliphatic heterocycles. The van der Waals surface area contributed by atoms with Gasteiger partial charge in [-0.1, -0.05) is 11.8 Å². The molecule has 0 radical (unpaired) electrons. The van der Waals surface area contributed by atoms with E-state index in [1.165, 1.54) is 36.7 Å². The van der Waals surface area contributed by atoms with E-state index in [1.54, 1.807) is 0 Å². The summed E-state index contributed by atoms with van der Waals surface area (Å²) in [6.45, 7) is 7.27. The lowest BCUT2D eigenvalue weighted by atomic mass is 10.1. The summed E-state index contributed by atoms with van der Waals surface area (Å²) in [5.41, 5.74) is 2.07. The van der Waals surface area contributed by atoms with Crippen molar-refractivity contribution >= 4 is 35.0 Å². The van der Waals surface area contributed by atoms with Gasteiger partial charge in [-0.05, 0) is 63.3 Å². The predicted molar refractivity (Wildman–Crippen MR) is 128 cm³/mol. The molecular formula is C23H32N6O2S. The molecule has 1 atom stereocenters. The standard InChI is InChI=1S/C23H32N6O2S/c1-17(21(30)24-18-5-7-19(8-6-18)27-11-3-2-4-12-27)32-23-26-25-22(29(23)20-9-10-20)28-13-15-31-16-14-28/h5-8,17,20H,2-4,9-16H2,1H3,(H,24,30). The monoisotopic (exact) mass is 456 g/mol. The van der Waals surface area contributed by atoms with E-state index in [9.17, 15) is 4.79 Å². The van der Waals surface area contributed by atoms with E-state index in [1.807, 2.05) is 19.1 Å². The molecule has 1 unspecified atom stereocenters. The number of amides is 1. The van der Waals surface area contributed by atoms with Crippen LogP contribution in [0.25, 0.3) is 0 Å². The quantitative estimate of drug-likeness (QED) is 0.639. The van der Waals surface area contributed by atoms with Crippen molar-refractivity contribution in [2.45, 2.75) is 55.5 Å². The van der Waals surface area contributed by atoms with Crippen molar-refractivity contribution in [3.05, 3.63) is 24.3 Å². The molecule has 8 nitrogen and oxygen atoms in total. The minimum Gasteiger partial charge on any atom is -0.378 e. The molecular weight excluding hydrogens is 424 g/mol. The SMILES string of the molecule is CC(Sc1nnc(N2CCOCC2)n1C1CC1)C(=O)Nc1ccc(N2CCCCC2)cc1. The summed E-state index contributed by atoms with van der Waals surface area (Å²) in [7, 11) is 0. The minimum absolute atomic E-state index is 0.0148. The van der Waals surface area contributed by atoms with Crippen LogP contribution in [-0.2, 0) is 9.53 Å². The Hall–Kier alpha value is -2.26. The van der Waals surface area contributed by atoms with Gasteiger partial charge in [0.1, 0.15) is 0 Å². The van der Waals surface area contributed by atoms with Crippen molar-refractivity contribution in [2.24, 2.45) is 0 Å². The van der Waals surface area contributed by atoms with Crippen LogP contribution in [0.15, 0.2) is 29.4 Å². The maximum absolute atomic E-state index is 12.9. The number of anilines is 3. The summed E-state index contributed by atoms with van der Waals surface area (Å²) in [6, 6.07) is 8.67. The summed E-state index contributed by atoms with van der Waals surface area (Å²) >= 11 is 1.49. The van der Waals surface area contributed by atoms with E-state index in [4.69, 9.17) is 4.74 Å². The Kier molecular flexibility index (Phi) is 6.54. The van der Waals surface area contributed by atoms with Gasteiger partial charge in [-0.15, -0.1) is 10.2 Å².